The summed E-state index contributed by atoms with van der Waals surface area (Å²) < 4.78 is 7.63. The topological polar surface area (TPSA) is 47.4 Å². The van der Waals surface area contributed by atoms with Gasteiger partial charge < -0.3 is 9.30 Å². The Morgan fingerprint density at radius 2 is 2.00 bits per heavy atom. The summed E-state index contributed by atoms with van der Waals surface area (Å²) in [5.41, 5.74) is 2.80. The minimum Gasteiger partial charge on any atom is -0.444 e. The van der Waals surface area contributed by atoms with Crippen molar-refractivity contribution in [2.24, 2.45) is 7.05 Å². The number of rotatable bonds is 1. The molecule has 1 aliphatic rings. The van der Waals surface area contributed by atoms with Gasteiger partial charge in [-0.25, -0.2) is 9.78 Å². The van der Waals surface area contributed by atoms with Crippen molar-refractivity contribution in [2.75, 3.05) is 0 Å². The van der Waals surface area contributed by atoms with E-state index in [2.05, 4.69) is 17.1 Å². The van der Waals surface area contributed by atoms with Gasteiger partial charge in [0.2, 0.25) is 0 Å². The van der Waals surface area contributed by atoms with Crippen LogP contribution in [0.1, 0.15) is 49.5 Å². The van der Waals surface area contributed by atoms with Gasteiger partial charge in [-0.2, -0.15) is 0 Å². The molecule has 1 aromatic carbocycles. The molecule has 1 aromatic heterocycles. The highest BCUT2D eigenvalue weighted by Crippen LogP contribution is 2.38. The summed E-state index contributed by atoms with van der Waals surface area (Å²) in [6.45, 7) is 8.20. The summed E-state index contributed by atoms with van der Waals surface area (Å²) in [6, 6.07) is 7.91. The standard InChI is InChI=1S/C18H23N3O2/c1-12-10-19-16(20(12)5)15-14-9-7-6-8-13(14)11-21(15)17(22)23-18(2,3)4/h6-10,15H,11H2,1-5H3. The maximum absolute atomic E-state index is 12.7. The Balaban J connectivity index is 2.03. The molecule has 5 nitrogen and oxygen atoms in total. The van der Waals surface area contributed by atoms with E-state index in [1.165, 1.54) is 0 Å². The minimum absolute atomic E-state index is 0.209. The largest absolute Gasteiger partial charge is 0.444 e. The van der Waals surface area contributed by atoms with Crippen LogP contribution < -0.4 is 0 Å². The zero-order valence-electron chi connectivity index (χ0n) is 14.3. The second-order valence-corrected chi connectivity index (χ2v) is 7.03. The van der Waals surface area contributed by atoms with Crippen molar-refractivity contribution >= 4 is 6.09 Å². The van der Waals surface area contributed by atoms with E-state index in [0.717, 1.165) is 22.6 Å². The molecular formula is C18H23N3O2. The lowest BCUT2D eigenvalue weighted by atomic mass is 10.0. The minimum atomic E-state index is -0.520. The van der Waals surface area contributed by atoms with E-state index in [-0.39, 0.29) is 12.1 Å². The maximum Gasteiger partial charge on any atom is 0.411 e. The molecule has 0 radical (unpaired) electrons. The van der Waals surface area contributed by atoms with Crippen LogP contribution in [0, 0.1) is 6.92 Å². The third-order valence-corrected chi connectivity index (χ3v) is 4.13. The molecule has 1 atom stereocenters. The van der Waals surface area contributed by atoms with Crippen LogP contribution in [0.2, 0.25) is 0 Å². The van der Waals surface area contributed by atoms with Gasteiger partial charge in [-0.1, -0.05) is 24.3 Å². The predicted molar refractivity (Wildman–Crippen MR) is 88.0 cm³/mol. The molecule has 0 saturated carbocycles. The number of carbonyl (C=O) groups excluding carboxylic acids is 1. The second kappa shape index (κ2) is 5.41. The number of aromatic nitrogens is 2. The van der Waals surface area contributed by atoms with Crippen LogP contribution >= 0.6 is 0 Å². The zero-order chi connectivity index (χ0) is 16.8. The van der Waals surface area contributed by atoms with E-state index in [4.69, 9.17) is 4.74 Å². The summed E-state index contributed by atoms with van der Waals surface area (Å²) in [5, 5.41) is 0. The number of ether oxygens (including phenoxy) is 1. The lowest BCUT2D eigenvalue weighted by Gasteiger charge is -2.28. The number of fused-ring (bicyclic) bond motifs is 1. The molecule has 0 aliphatic carbocycles. The molecule has 5 heteroatoms. The van der Waals surface area contributed by atoms with Gasteiger partial charge in [-0.15, -0.1) is 0 Å². The molecule has 122 valence electrons. The number of hydrogen-bond donors (Lipinski definition) is 0. The maximum atomic E-state index is 12.7. The third-order valence-electron chi connectivity index (χ3n) is 4.13. The smallest absolute Gasteiger partial charge is 0.411 e. The molecule has 0 spiro atoms. The summed E-state index contributed by atoms with van der Waals surface area (Å²) in [7, 11) is 1.98. The number of carbonyl (C=O) groups is 1. The SMILES string of the molecule is Cc1cnc(C2c3ccccc3CN2C(=O)OC(C)(C)C)n1C. The Morgan fingerprint density at radius 1 is 1.30 bits per heavy atom. The molecule has 23 heavy (non-hydrogen) atoms. The van der Waals surface area contributed by atoms with Crippen molar-refractivity contribution in [3.8, 4) is 0 Å². The van der Waals surface area contributed by atoms with Gasteiger partial charge in [-0.05, 0) is 38.8 Å². The first kappa shape index (κ1) is 15.6. The van der Waals surface area contributed by atoms with Crippen LogP contribution in [0.4, 0.5) is 4.79 Å². The predicted octanol–water partition coefficient (Wildman–Crippen LogP) is 3.57. The Hall–Kier alpha value is -2.30. The van der Waals surface area contributed by atoms with E-state index >= 15 is 0 Å². The molecule has 0 saturated heterocycles. The van der Waals surface area contributed by atoms with Crippen molar-refractivity contribution < 1.29 is 9.53 Å². The first-order valence-electron chi connectivity index (χ1n) is 7.83. The van der Waals surface area contributed by atoms with Crippen LogP contribution in [0.3, 0.4) is 0 Å². The summed E-state index contributed by atoms with van der Waals surface area (Å²) in [4.78, 5) is 19.0. The Kier molecular flexibility index (Phi) is 3.66. The van der Waals surface area contributed by atoms with Crippen molar-refractivity contribution in [1.29, 1.82) is 0 Å². The normalized spacial score (nSPS) is 17.3. The van der Waals surface area contributed by atoms with Gasteiger partial charge in [0.05, 0.1) is 6.54 Å². The van der Waals surface area contributed by atoms with Gasteiger partial charge in [-0.3, -0.25) is 4.90 Å². The van der Waals surface area contributed by atoms with Gasteiger partial charge in [0.25, 0.3) is 0 Å². The third kappa shape index (κ3) is 2.83. The second-order valence-electron chi connectivity index (χ2n) is 7.03. The van der Waals surface area contributed by atoms with Crippen molar-refractivity contribution in [3.05, 3.63) is 53.1 Å². The highest BCUT2D eigenvalue weighted by Gasteiger charge is 2.39. The number of amides is 1. The van der Waals surface area contributed by atoms with E-state index in [1.807, 2.05) is 57.6 Å². The Bertz CT molecular complexity index is 743. The molecule has 2 heterocycles. The van der Waals surface area contributed by atoms with E-state index in [9.17, 15) is 4.79 Å². The molecule has 3 rings (SSSR count). The molecule has 0 fully saturated rings. The first-order chi connectivity index (χ1) is 10.8. The van der Waals surface area contributed by atoms with Crippen molar-refractivity contribution in [3.63, 3.8) is 0 Å². The molecule has 1 unspecified atom stereocenters. The molecular weight excluding hydrogens is 290 g/mol. The number of aryl methyl sites for hydroxylation is 1. The van der Waals surface area contributed by atoms with E-state index in [0.29, 0.717) is 6.54 Å². The van der Waals surface area contributed by atoms with Gasteiger partial charge >= 0.3 is 6.09 Å². The quantitative estimate of drug-likeness (QED) is 0.808. The van der Waals surface area contributed by atoms with E-state index < -0.39 is 5.60 Å². The van der Waals surface area contributed by atoms with Crippen molar-refractivity contribution in [2.45, 2.75) is 45.9 Å². The Morgan fingerprint density at radius 3 is 2.61 bits per heavy atom. The summed E-state index contributed by atoms with van der Waals surface area (Å²) in [6.07, 6.45) is 1.53. The number of benzene rings is 1. The molecule has 2 aromatic rings. The van der Waals surface area contributed by atoms with Crippen LogP contribution in [0.25, 0.3) is 0 Å². The first-order valence-corrected chi connectivity index (χ1v) is 7.83. The number of nitrogens with zero attached hydrogens (tertiary/aromatic N) is 3. The number of imidazole rings is 1. The highest BCUT2D eigenvalue weighted by molar-refractivity contribution is 5.71. The molecule has 1 aliphatic heterocycles. The van der Waals surface area contributed by atoms with Crippen LogP contribution in [-0.4, -0.2) is 26.1 Å². The monoisotopic (exact) mass is 313 g/mol. The fourth-order valence-corrected chi connectivity index (χ4v) is 2.92. The average molecular weight is 313 g/mol. The van der Waals surface area contributed by atoms with Gasteiger partial charge in [0.15, 0.2) is 0 Å². The van der Waals surface area contributed by atoms with Gasteiger partial charge in [0.1, 0.15) is 17.5 Å². The average Bonchev–Trinajstić information content (AvgIpc) is 2.99. The molecule has 0 N–H and O–H groups in total. The van der Waals surface area contributed by atoms with Crippen LogP contribution in [-0.2, 0) is 18.3 Å². The lowest BCUT2D eigenvalue weighted by Crippen LogP contribution is -2.36. The van der Waals surface area contributed by atoms with Gasteiger partial charge in [0, 0.05) is 18.9 Å². The molecule has 1 amide bonds. The summed E-state index contributed by atoms with van der Waals surface area (Å²) >= 11 is 0. The fraction of sp³-hybridized carbons (Fsp3) is 0.444. The molecule has 0 bridgehead atoms. The van der Waals surface area contributed by atoms with Crippen molar-refractivity contribution in [1.82, 2.24) is 14.5 Å². The zero-order valence-corrected chi connectivity index (χ0v) is 14.3. The van der Waals surface area contributed by atoms with E-state index in [1.54, 1.807) is 4.90 Å². The fourth-order valence-electron chi connectivity index (χ4n) is 2.92. The lowest BCUT2D eigenvalue weighted by molar-refractivity contribution is 0.0195. The van der Waals surface area contributed by atoms with Crippen LogP contribution in [0.15, 0.2) is 30.5 Å². The van der Waals surface area contributed by atoms with Crippen LogP contribution in [0.5, 0.6) is 0 Å². The number of hydrogen-bond acceptors (Lipinski definition) is 3. The highest BCUT2D eigenvalue weighted by atomic mass is 16.6. The Labute approximate surface area is 136 Å². The summed E-state index contributed by atoms with van der Waals surface area (Å²) in [5.74, 6) is 0.860.